The van der Waals surface area contributed by atoms with Crippen molar-refractivity contribution in [3.63, 3.8) is 0 Å². The maximum Gasteiger partial charge on any atom is 0.306 e. The predicted octanol–water partition coefficient (Wildman–Crippen LogP) is 15.7. The minimum atomic E-state index is -0.782. The summed E-state index contributed by atoms with van der Waals surface area (Å²) < 4.78 is 5.93. The number of esters is 1. The molecule has 0 saturated heterocycles. The molecule has 0 saturated carbocycles. The number of aliphatic hydroxyl groups excluding tert-OH is 2. The summed E-state index contributed by atoms with van der Waals surface area (Å²) in [6.07, 6.45) is 52.8. The van der Waals surface area contributed by atoms with Gasteiger partial charge in [-0.2, -0.15) is 0 Å². The summed E-state index contributed by atoms with van der Waals surface area (Å²) in [6.45, 7) is 6.49. The van der Waals surface area contributed by atoms with Gasteiger partial charge in [-0.1, -0.05) is 238 Å². The molecule has 3 atom stereocenters. The number of amides is 1. The number of aliphatic hydroxyl groups is 2. The Morgan fingerprint density at radius 1 is 0.475 bits per heavy atom. The number of hydrogen-bond donors (Lipinski definition) is 3. The average Bonchev–Trinajstić information content (AvgIpc) is 3.23. The fourth-order valence-electron chi connectivity index (χ4n) is 8.31. The summed E-state index contributed by atoms with van der Waals surface area (Å²) >= 11 is 0. The van der Waals surface area contributed by atoms with Crippen molar-refractivity contribution in [2.75, 3.05) is 6.61 Å². The second-order valence-electron chi connectivity index (χ2n) is 18.3. The Labute approximate surface area is 368 Å². The Morgan fingerprint density at radius 3 is 1.20 bits per heavy atom. The minimum absolute atomic E-state index is 0.0812. The Balaban J connectivity index is 4.49. The van der Waals surface area contributed by atoms with Gasteiger partial charge in [-0.25, -0.2) is 0 Å². The van der Waals surface area contributed by atoms with Crippen LogP contribution in [0, 0.1) is 0 Å². The molecule has 3 unspecified atom stereocenters. The average molecular weight is 834 g/mol. The molecule has 1 amide bonds. The van der Waals surface area contributed by atoms with Gasteiger partial charge < -0.3 is 20.3 Å². The molecule has 0 bridgehead atoms. The van der Waals surface area contributed by atoms with E-state index in [0.29, 0.717) is 19.3 Å². The third-order valence-electron chi connectivity index (χ3n) is 12.3. The van der Waals surface area contributed by atoms with Gasteiger partial charge in [0.25, 0.3) is 0 Å². The molecule has 0 aliphatic heterocycles. The lowest BCUT2D eigenvalue weighted by Crippen LogP contribution is -2.46. The quantitative estimate of drug-likeness (QED) is 0.0322. The highest BCUT2D eigenvalue weighted by atomic mass is 16.5. The Kier molecular flexibility index (Phi) is 46.5. The molecule has 0 aliphatic carbocycles. The zero-order chi connectivity index (χ0) is 43.1. The monoisotopic (exact) mass is 834 g/mol. The lowest BCUT2D eigenvalue weighted by Gasteiger charge is -2.24. The van der Waals surface area contributed by atoms with Crippen LogP contribution in [0.3, 0.4) is 0 Å². The van der Waals surface area contributed by atoms with Crippen molar-refractivity contribution in [3.05, 3.63) is 12.2 Å². The van der Waals surface area contributed by atoms with Gasteiger partial charge in [0.2, 0.25) is 5.91 Å². The molecule has 0 aliphatic rings. The molecule has 3 N–H and O–H groups in total. The van der Waals surface area contributed by atoms with E-state index >= 15 is 0 Å². The summed E-state index contributed by atoms with van der Waals surface area (Å²) in [6, 6.07) is -0.695. The van der Waals surface area contributed by atoms with E-state index in [1.54, 1.807) is 0 Å². The van der Waals surface area contributed by atoms with E-state index in [1.165, 1.54) is 193 Å². The van der Waals surface area contributed by atoms with Crippen LogP contribution in [0.1, 0.15) is 290 Å². The second kappa shape index (κ2) is 47.6. The molecule has 0 aromatic rings. The summed E-state index contributed by atoms with van der Waals surface area (Å²) in [4.78, 5) is 26.1. The largest absolute Gasteiger partial charge is 0.462 e. The second-order valence-corrected chi connectivity index (χ2v) is 18.3. The van der Waals surface area contributed by atoms with Gasteiger partial charge in [0.15, 0.2) is 0 Å². The van der Waals surface area contributed by atoms with Crippen LogP contribution in [0.4, 0.5) is 0 Å². The smallest absolute Gasteiger partial charge is 0.306 e. The van der Waals surface area contributed by atoms with Crippen LogP contribution < -0.4 is 5.32 Å². The van der Waals surface area contributed by atoms with Crippen LogP contribution in [0.5, 0.6) is 0 Å². The molecule has 59 heavy (non-hydrogen) atoms. The first-order valence-electron chi connectivity index (χ1n) is 26.4. The number of allylic oxidation sites excluding steroid dienone is 2. The SMILES string of the molecule is CCCCCCCCCCC/C=C/CCCCCCCC(=O)OC(CCCCCCCCCCCCCC)CC(=O)NC(CO)C(O)CCCCCCCCCCCC. The summed E-state index contributed by atoms with van der Waals surface area (Å²) in [7, 11) is 0. The van der Waals surface area contributed by atoms with Gasteiger partial charge in [0, 0.05) is 6.42 Å². The zero-order valence-corrected chi connectivity index (χ0v) is 39.9. The fraction of sp³-hybridized carbons (Fsp3) is 0.925. The van der Waals surface area contributed by atoms with Gasteiger partial charge in [-0.15, -0.1) is 0 Å². The molecule has 0 rings (SSSR count). The van der Waals surface area contributed by atoms with Crippen LogP contribution >= 0.6 is 0 Å². The van der Waals surface area contributed by atoms with E-state index in [-0.39, 0.29) is 24.9 Å². The molecule has 6 heteroatoms. The fourth-order valence-corrected chi connectivity index (χ4v) is 8.31. The summed E-state index contributed by atoms with van der Waals surface area (Å²) in [5.41, 5.74) is 0. The first kappa shape index (κ1) is 57.6. The van der Waals surface area contributed by atoms with Gasteiger partial charge in [-0.05, 0) is 51.4 Å². The van der Waals surface area contributed by atoms with Crippen LogP contribution in [-0.4, -0.2) is 46.9 Å². The Morgan fingerprint density at radius 2 is 0.814 bits per heavy atom. The lowest BCUT2D eigenvalue weighted by atomic mass is 10.0. The minimum Gasteiger partial charge on any atom is -0.462 e. The summed E-state index contributed by atoms with van der Waals surface area (Å²) in [5, 5.41) is 23.7. The van der Waals surface area contributed by atoms with Crippen molar-refractivity contribution in [1.82, 2.24) is 5.32 Å². The van der Waals surface area contributed by atoms with E-state index in [4.69, 9.17) is 4.74 Å². The summed E-state index contributed by atoms with van der Waals surface area (Å²) in [5.74, 6) is -0.467. The van der Waals surface area contributed by atoms with Gasteiger partial charge in [0.1, 0.15) is 6.10 Å². The third-order valence-corrected chi connectivity index (χ3v) is 12.3. The number of carbonyl (C=O) groups is 2. The van der Waals surface area contributed by atoms with E-state index in [2.05, 4.69) is 38.2 Å². The molecule has 0 aromatic carbocycles. The van der Waals surface area contributed by atoms with Crippen LogP contribution in [0.2, 0.25) is 0 Å². The van der Waals surface area contributed by atoms with Crippen molar-refractivity contribution in [1.29, 1.82) is 0 Å². The van der Waals surface area contributed by atoms with Gasteiger partial charge in [0.05, 0.1) is 25.2 Å². The molecular formula is C53H103NO5. The molecule has 0 radical (unpaired) electrons. The van der Waals surface area contributed by atoms with E-state index in [9.17, 15) is 19.8 Å². The number of carbonyl (C=O) groups excluding carboxylic acids is 2. The topological polar surface area (TPSA) is 95.9 Å². The third kappa shape index (κ3) is 43.1. The molecular weight excluding hydrogens is 731 g/mol. The molecule has 6 nitrogen and oxygen atoms in total. The molecule has 0 fully saturated rings. The highest BCUT2D eigenvalue weighted by molar-refractivity contribution is 5.77. The standard InChI is InChI=1S/C53H103NO5/c1-4-7-10-13-16-19-22-24-25-26-27-28-29-31-34-37-40-43-46-53(58)59-49(44-41-38-35-32-30-23-20-17-14-11-8-5-2)47-52(57)54-50(48-55)51(56)45-42-39-36-33-21-18-15-12-9-6-3/h27-28,49-51,55-56H,4-26,29-48H2,1-3H3,(H,54,57)/b28-27+. The van der Waals surface area contributed by atoms with E-state index < -0.39 is 18.2 Å². The van der Waals surface area contributed by atoms with Crippen LogP contribution in [0.15, 0.2) is 12.2 Å². The number of ether oxygens (including phenoxy) is 1. The van der Waals surface area contributed by atoms with Crippen molar-refractivity contribution in [2.24, 2.45) is 0 Å². The van der Waals surface area contributed by atoms with Crippen molar-refractivity contribution in [2.45, 2.75) is 309 Å². The van der Waals surface area contributed by atoms with Crippen molar-refractivity contribution < 1.29 is 24.5 Å². The highest BCUT2D eigenvalue weighted by Gasteiger charge is 2.24. The van der Waals surface area contributed by atoms with Crippen molar-refractivity contribution >= 4 is 11.9 Å². The first-order chi connectivity index (χ1) is 29.0. The normalized spacial score (nSPS) is 13.2. The Bertz CT molecular complexity index is 893. The zero-order valence-electron chi connectivity index (χ0n) is 39.9. The maximum absolute atomic E-state index is 13.2. The number of unbranched alkanes of at least 4 members (excludes halogenated alkanes) is 34. The van der Waals surface area contributed by atoms with Crippen LogP contribution in [0.25, 0.3) is 0 Å². The van der Waals surface area contributed by atoms with Crippen molar-refractivity contribution in [3.8, 4) is 0 Å². The molecule has 350 valence electrons. The predicted molar refractivity (Wildman–Crippen MR) is 255 cm³/mol. The van der Waals surface area contributed by atoms with E-state index in [1.807, 2.05) is 0 Å². The molecule has 0 heterocycles. The van der Waals surface area contributed by atoms with Gasteiger partial charge in [-0.3, -0.25) is 9.59 Å². The highest BCUT2D eigenvalue weighted by Crippen LogP contribution is 2.18. The van der Waals surface area contributed by atoms with Crippen LogP contribution in [-0.2, 0) is 14.3 Å². The first-order valence-corrected chi connectivity index (χ1v) is 26.4. The molecule has 0 spiro atoms. The molecule has 0 aromatic heterocycles. The lowest BCUT2D eigenvalue weighted by molar-refractivity contribution is -0.151. The maximum atomic E-state index is 13.2. The number of nitrogens with one attached hydrogen (secondary N) is 1. The Hall–Kier alpha value is -1.40. The number of rotatable bonds is 48. The number of hydrogen-bond acceptors (Lipinski definition) is 5. The van der Waals surface area contributed by atoms with Gasteiger partial charge >= 0.3 is 5.97 Å². The van der Waals surface area contributed by atoms with E-state index in [0.717, 1.165) is 51.4 Å².